The SMILES string of the molecule is Cc1ccccc1NC(=O)Cn1c(=O)oc2cc(S(=O)(=O)N3CC(C)CC(C)C3)ccc21. The van der Waals surface area contributed by atoms with Crippen molar-refractivity contribution in [2.45, 2.75) is 38.6 Å². The van der Waals surface area contributed by atoms with Crippen molar-refractivity contribution in [1.82, 2.24) is 8.87 Å². The van der Waals surface area contributed by atoms with E-state index in [4.69, 9.17) is 4.42 Å². The predicted octanol–water partition coefficient (Wildman–Crippen LogP) is 3.21. The first-order valence-electron chi connectivity index (χ1n) is 10.6. The Labute approximate surface area is 186 Å². The number of piperidine rings is 1. The second-order valence-corrected chi connectivity index (χ2v) is 10.7. The fraction of sp³-hybridized carbons (Fsp3) is 0.391. The van der Waals surface area contributed by atoms with E-state index in [9.17, 15) is 18.0 Å². The summed E-state index contributed by atoms with van der Waals surface area (Å²) in [6, 6.07) is 11.7. The van der Waals surface area contributed by atoms with Gasteiger partial charge in [-0.25, -0.2) is 13.2 Å². The molecule has 2 unspecified atom stereocenters. The molecule has 0 bridgehead atoms. The van der Waals surface area contributed by atoms with E-state index in [1.807, 2.05) is 39.0 Å². The van der Waals surface area contributed by atoms with E-state index in [0.29, 0.717) is 24.3 Å². The lowest BCUT2D eigenvalue weighted by atomic mass is 9.94. The third kappa shape index (κ3) is 4.35. The largest absolute Gasteiger partial charge is 0.420 e. The van der Waals surface area contributed by atoms with Gasteiger partial charge in [-0.2, -0.15) is 4.31 Å². The molecule has 1 saturated heterocycles. The van der Waals surface area contributed by atoms with E-state index in [0.717, 1.165) is 12.0 Å². The number of carbonyl (C=O) groups is 1. The van der Waals surface area contributed by atoms with Crippen molar-refractivity contribution in [3.63, 3.8) is 0 Å². The first-order chi connectivity index (χ1) is 15.1. The van der Waals surface area contributed by atoms with E-state index >= 15 is 0 Å². The molecule has 0 saturated carbocycles. The van der Waals surface area contributed by atoms with Crippen molar-refractivity contribution < 1.29 is 17.6 Å². The summed E-state index contributed by atoms with van der Waals surface area (Å²) in [6.07, 6.45) is 0.993. The molecule has 2 aromatic carbocycles. The Kier molecular flexibility index (Phi) is 5.96. The summed E-state index contributed by atoms with van der Waals surface area (Å²) in [6.45, 7) is 6.66. The normalized spacial score (nSPS) is 19.8. The van der Waals surface area contributed by atoms with Gasteiger partial charge in [0.25, 0.3) is 0 Å². The summed E-state index contributed by atoms with van der Waals surface area (Å²) in [5.74, 6) is -0.530. The minimum atomic E-state index is -3.71. The molecule has 2 heterocycles. The molecule has 0 radical (unpaired) electrons. The number of para-hydroxylation sites is 1. The number of oxazole rings is 1. The van der Waals surface area contributed by atoms with Gasteiger partial charge in [0.2, 0.25) is 15.9 Å². The number of carbonyl (C=O) groups excluding carboxylic acids is 1. The van der Waals surface area contributed by atoms with Crippen molar-refractivity contribution in [2.24, 2.45) is 11.8 Å². The molecule has 1 N–H and O–H groups in total. The van der Waals surface area contributed by atoms with Crippen LogP contribution in [-0.4, -0.2) is 36.3 Å². The Morgan fingerprint density at radius 1 is 1.12 bits per heavy atom. The lowest BCUT2D eigenvalue weighted by Gasteiger charge is -2.34. The average molecular weight is 458 g/mol. The average Bonchev–Trinajstić information content (AvgIpc) is 3.03. The quantitative estimate of drug-likeness (QED) is 0.634. The fourth-order valence-corrected chi connectivity index (χ4v) is 6.05. The van der Waals surface area contributed by atoms with Gasteiger partial charge in [0, 0.05) is 24.8 Å². The lowest BCUT2D eigenvalue weighted by molar-refractivity contribution is -0.116. The monoisotopic (exact) mass is 457 g/mol. The van der Waals surface area contributed by atoms with Crippen LogP contribution in [0.15, 0.2) is 56.6 Å². The van der Waals surface area contributed by atoms with Crippen molar-refractivity contribution in [2.75, 3.05) is 18.4 Å². The summed E-state index contributed by atoms with van der Waals surface area (Å²) in [7, 11) is -3.71. The van der Waals surface area contributed by atoms with Gasteiger partial charge in [0.1, 0.15) is 6.54 Å². The maximum atomic E-state index is 13.2. The standard InChI is InChI=1S/C23H27N3O5S/c1-15-10-16(2)13-25(12-15)32(29,30)18-8-9-20-21(11-18)31-23(28)26(20)14-22(27)24-19-7-5-4-6-17(19)3/h4-9,11,15-16H,10,12-14H2,1-3H3,(H,24,27). The maximum absolute atomic E-state index is 13.2. The van der Waals surface area contributed by atoms with Crippen LogP contribution in [0.25, 0.3) is 11.1 Å². The molecular weight excluding hydrogens is 430 g/mol. The van der Waals surface area contributed by atoms with Crippen molar-refractivity contribution >= 4 is 32.7 Å². The zero-order valence-electron chi connectivity index (χ0n) is 18.4. The van der Waals surface area contributed by atoms with E-state index in [2.05, 4.69) is 5.32 Å². The van der Waals surface area contributed by atoms with E-state index < -0.39 is 15.8 Å². The van der Waals surface area contributed by atoms with Crippen LogP contribution in [0, 0.1) is 18.8 Å². The number of nitrogens with zero attached hydrogens (tertiary/aromatic N) is 2. The van der Waals surface area contributed by atoms with Crippen molar-refractivity contribution in [1.29, 1.82) is 0 Å². The molecule has 32 heavy (non-hydrogen) atoms. The molecule has 1 fully saturated rings. The van der Waals surface area contributed by atoms with Crippen LogP contribution in [-0.2, 0) is 21.4 Å². The zero-order chi connectivity index (χ0) is 23.0. The Balaban J connectivity index is 1.60. The molecule has 1 aliphatic heterocycles. The Bertz CT molecular complexity index is 1310. The third-order valence-electron chi connectivity index (χ3n) is 5.83. The van der Waals surface area contributed by atoms with Crippen LogP contribution in [0.3, 0.4) is 0 Å². The van der Waals surface area contributed by atoms with E-state index in [1.54, 1.807) is 6.07 Å². The number of hydrogen-bond acceptors (Lipinski definition) is 5. The smallest absolute Gasteiger partial charge is 0.408 e. The number of benzene rings is 2. The highest BCUT2D eigenvalue weighted by atomic mass is 32.2. The van der Waals surface area contributed by atoms with Crippen LogP contribution < -0.4 is 11.1 Å². The van der Waals surface area contributed by atoms with Gasteiger partial charge in [-0.15, -0.1) is 0 Å². The van der Waals surface area contributed by atoms with E-state index in [1.165, 1.54) is 27.1 Å². The number of aromatic nitrogens is 1. The highest BCUT2D eigenvalue weighted by molar-refractivity contribution is 7.89. The van der Waals surface area contributed by atoms with Gasteiger partial charge in [0.15, 0.2) is 5.58 Å². The summed E-state index contributed by atoms with van der Waals surface area (Å²) in [4.78, 5) is 25.0. The van der Waals surface area contributed by atoms with Gasteiger partial charge >= 0.3 is 5.76 Å². The first kappa shape index (κ1) is 22.3. The fourth-order valence-electron chi connectivity index (χ4n) is 4.35. The second-order valence-electron chi connectivity index (χ2n) is 8.71. The molecule has 1 aliphatic rings. The number of aryl methyl sites for hydroxylation is 1. The highest BCUT2D eigenvalue weighted by Crippen LogP contribution is 2.28. The summed E-state index contributed by atoms with van der Waals surface area (Å²) in [5, 5.41) is 2.78. The number of hydrogen-bond donors (Lipinski definition) is 1. The minimum Gasteiger partial charge on any atom is -0.408 e. The highest BCUT2D eigenvalue weighted by Gasteiger charge is 2.32. The minimum absolute atomic E-state index is 0.0801. The molecule has 1 amide bonds. The molecule has 170 valence electrons. The van der Waals surface area contributed by atoms with Crippen LogP contribution in [0.4, 0.5) is 5.69 Å². The maximum Gasteiger partial charge on any atom is 0.420 e. The molecule has 4 rings (SSSR count). The van der Waals surface area contributed by atoms with Gasteiger partial charge in [0.05, 0.1) is 10.4 Å². The molecule has 9 heteroatoms. The van der Waals surface area contributed by atoms with Crippen molar-refractivity contribution in [3.8, 4) is 0 Å². The molecule has 8 nitrogen and oxygen atoms in total. The number of anilines is 1. The lowest BCUT2D eigenvalue weighted by Crippen LogP contribution is -2.42. The van der Waals surface area contributed by atoms with Gasteiger partial charge in [-0.3, -0.25) is 9.36 Å². The molecule has 2 atom stereocenters. The number of sulfonamides is 1. The van der Waals surface area contributed by atoms with Crippen molar-refractivity contribution in [3.05, 3.63) is 58.6 Å². The van der Waals surface area contributed by atoms with Gasteiger partial charge in [-0.05, 0) is 48.9 Å². The molecule has 0 aliphatic carbocycles. The van der Waals surface area contributed by atoms with Crippen LogP contribution in [0.2, 0.25) is 0 Å². The predicted molar refractivity (Wildman–Crippen MR) is 122 cm³/mol. The Hall–Kier alpha value is -2.91. The molecule has 1 aromatic heterocycles. The third-order valence-corrected chi connectivity index (χ3v) is 7.66. The first-order valence-corrected chi connectivity index (χ1v) is 12.1. The molecule has 0 spiro atoms. The van der Waals surface area contributed by atoms with Crippen LogP contribution in [0.1, 0.15) is 25.8 Å². The summed E-state index contributed by atoms with van der Waals surface area (Å²) in [5.41, 5.74) is 2.07. The molecular formula is C23H27N3O5S. The number of amides is 1. The Morgan fingerprint density at radius 2 is 1.81 bits per heavy atom. The Morgan fingerprint density at radius 3 is 2.50 bits per heavy atom. The van der Waals surface area contributed by atoms with E-state index in [-0.39, 0.29) is 34.8 Å². The number of rotatable bonds is 5. The van der Waals surface area contributed by atoms with Crippen LogP contribution >= 0.6 is 0 Å². The zero-order valence-corrected chi connectivity index (χ0v) is 19.2. The number of fused-ring (bicyclic) bond motifs is 1. The van der Waals surface area contributed by atoms with Crippen LogP contribution in [0.5, 0.6) is 0 Å². The second kappa shape index (κ2) is 8.55. The van der Waals surface area contributed by atoms with Gasteiger partial charge < -0.3 is 9.73 Å². The number of nitrogens with one attached hydrogen (secondary N) is 1. The topological polar surface area (TPSA) is 102 Å². The summed E-state index contributed by atoms with van der Waals surface area (Å²) < 4.78 is 34.3. The summed E-state index contributed by atoms with van der Waals surface area (Å²) >= 11 is 0. The molecule has 3 aromatic rings. The van der Waals surface area contributed by atoms with Gasteiger partial charge in [-0.1, -0.05) is 32.0 Å².